The number of aliphatic hydroxyl groups excluding tert-OH is 1. The Morgan fingerprint density at radius 2 is 1.76 bits per heavy atom. The summed E-state index contributed by atoms with van der Waals surface area (Å²) in [7, 11) is 0. The Labute approximate surface area is 172 Å². The van der Waals surface area contributed by atoms with Gasteiger partial charge in [0.05, 0.1) is 0 Å². The summed E-state index contributed by atoms with van der Waals surface area (Å²) in [6.07, 6.45) is 7.05. The molecular weight excluding hydrogens is 368 g/mol. The molecule has 0 aromatic heterocycles. The molecule has 0 bridgehead atoms. The summed E-state index contributed by atoms with van der Waals surface area (Å²) >= 11 is 0. The predicted octanol–water partition coefficient (Wildman–Crippen LogP) is 4.32. The van der Waals surface area contributed by atoms with Crippen molar-refractivity contribution in [3.8, 4) is 0 Å². The molecule has 0 radical (unpaired) electrons. The second kappa shape index (κ2) is 6.29. The first-order valence-electron chi connectivity index (χ1n) is 10.8. The van der Waals surface area contributed by atoms with Crippen LogP contribution in [0.15, 0.2) is 23.5 Å². The van der Waals surface area contributed by atoms with Crippen LogP contribution in [0.5, 0.6) is 0 Å². The zero-order valence-corrected chi connectivity index (χ0v) is 18.1. The number of Topliss-reactive ketones (excluding diaryl/α,β-unsaturated/α-hetero) is 1. The van der Waals surface area contributed by atoms with Crippen molar-refractivity contribution in [2.45, 2.75) is 72.3 Å². The van der Waals surface area contributed by atoms with Crippen LogP contribution in [0.1, 0.15) is 66.7 Å². The SMILES string of the molecule is CC(=O)O[C@@]1(C(C)=O)CC[C@H]2[C@@H]3C[C@H](C)C4=CC(=O)C=C(O)[C@]4(C)[C@H]3CC[C@@]21C. The smallest absolute Gasteiger partial charge is 0.303 e. The van der Waals surface area contributed by atoms with E-state index in [2.05, 4.69) is 20.8 Å². The van der Waals surface area contributed by atoms with E-state index in [1.165, 1.54) is 13.0 Å². The largest absolute Gasteiger partial charge is 0.511 e. The Morgan fingerprint density at radius 1 is 1.10 bits per heavy atom. The molecule has 0 aliphatic heterocycles. The molecule has 5 nitrogen and oxygen atoms in total. The fourth-order valence-corrected chi connectivity index (χ4v) is 7.77. The highest BCUT2D eigenvalue weighted by molar-refractivity contribution is 6.01. The molecule has 3 fully saturated rings. The van der Waals surface area contributed by atoms with Crippen LogP contribution in [0.25, 0.3) is 0 Å². The lowest BCUT2D eigenvalue weighted by Gasteiger charge is -2.59. The number of carbonyl (C=O) groups is 3. The average molecular weight is 401 g/mol. The van der Waals surface area contributed by atoms with Crippen molar-refractivity contribution in [1.29, 1.82) is 0 Å². The number of allylic oxidation sites excluding steroid dienone is 3. The molecule has 4 rings (SSSR count). The van der Waals surface area contributed by atoms with Gasteiger partial charge in [0, 0.05) is 23.8 Å². The Kier molecular flexibility index (Phi) is 4.42. The Hall–Kier alpha value is -1.91. The Bertz CT molecular complexity index is 853. The van der Waals surface area contributed by atoms with Crippen LogP contribution in [0.2, 0.25) is 0 Å². The molecule has 7 atom stereocenters. The maximum Gasteiger partial charge on any atom is 0.303 e. The minimum atomic E-state index is -1.05. The second-order valence-electron chi connectivity index (χ2n) is 10.2. The van der Waals surface area contributed by atoms with Gasteiger partial charge in [-0.3, -0.25) is 14.4 Å². The number of esters is 1. The van der Waals surface area contributed by atoms with E-state index in [9.17, 15) is 19.5 Å². The van der Waals surface area contributed by atoms with E-state index in [0.717, 1.165) is 31.3 Å². The molecule has 5 heteroatoms. The quantitative estimate of drug-likeness (QED) is 0.698. The van der Waals surface area contributed by atoms with Crippen molar-refractivity contribution in [3.63, 3.8) is 0 Å². The van der Waals surface area contributed by atoms with E-state index >= 15 is 0 Å². The number of carbonyl (C=O) groups excluding carboxylic acids is 3. The molecule has 4 aliphatic carbocycles. The molecule has 0 aromatic carbocycles. The third-order valence-corrected chi connectivity index (χ3v) is 9.05. The molecule has 1 N–H and O–H groups in total. The molecule has 0 spiro atoms. The number of hydrogen-bond donors (Lipinski definition) is 1. The van der Waals surface area contributed by atoms with E-state index in [4.69, 9.17) is 4.74 Å². The van der Waals surface area contributed by atoms with Gasteiger partial charge >= 0.3 is 5.97 Å². The van der Waals surface area contributed by atoms with Gasteiger partial charge in [-0.05, 0) is 81.3 Å². The number of ketones is 2. The second-order valence-corrected chi connectivity index (χ2v) is 10.2. The van der Waals surface area contributed by atoms with E-state index in [1.807, 2.05) is 0 Å². The van der Waals surface area contributed by atoms with Gasteiger partial charge in [0.2, 0.25) is 0 Å². The lowest BCUT2D eigenvalue weighted by Crippen LogP contribution is -2.59. The van der Waals surface area contributed by atoms with Crippen molar-refractivity contribution in [2.75, 3.05) is 0 Å². The van der Waals surface area contributed by atoms with Gasteiger partial charge in [-0.2, -0.15) is 0 Å². The van der Waals surface area contributed by atoms with Gasteiger partial charge < -0.3 is 9.84 Å². The minimum absolute atomic E-state index is 0.0576. The van der Waals surface area contributed by atoms with Gasteiger partial charge in [0.15, 0.2) is 17.2 Å². The van der Waals surface area contributed by atoms with E-state index in [0.29, 0.717) is 12.3 Å². The fourth-order valence-electron chi connectivity index (χ4n) is 7.77. The van der Waals surface area contributed by atoms with Crippen molar-refractivity contribution < 1.29 is 24.2 Å². The van der Waals surface area contributed by atoms with Gasteiger partial charge in [0.1, 0.15) is 5.76 Å². The number of hydrogen-bond acceptors (Lipinski definition) is 5. The standard InChI is InChI=1S/C24H32O5/c1-13-10-17-18-7-9-24(14(2)25,29-15(3)26)22(18,4)8-6-19(17)23(5)20(13)11-16(27)12-21(23)28/h11-13,17-19,28H,6-10H2,1-5H3/t13-,17-,18-,19-,22-,23+,24+/m0/s1. The van der Waals surface area contributed by atoms with Gasteiger partial charge in [-0.1, -0.05) is 13.8 Å². The maximum atomic E-state index is 12.8. The Morgan fingerprint density at radius 3 is 2.38 bits per heavy atom. The zero-order chi connectivity index (χ0) is 21.4. The molecule has 0 saturated heterocycles. The molecule has 0 amide bonds. The van der Waals surface area contributed by atoms with Crippen molar-refractivity contribution in [2.24, 2.45) is 34.5 Å². The molecule has 0 unspecified atom stereocenters. The van der Waals surface area contributed by atoms with Gasteiger partial charge in [-0.25, -0.2) is 0 Å². The molecule has 0 aromatic rings. The summed E-state index contributed by atoms with van der Waals surface area (Å²) in [4.78, 5) is 36.8. The first-order valence-corrected chi connectivity index (χ1v) is 10.8. The molecule has 3 saturated carbocycles. The summed E-state index contributed by atoms with van der Waals surface area (Å²) in [5.41, 5.74) is -0.925. The number of aliphatic hydroxyl groups is 1. The lowest BCUT2D eigenvalue weighted by molar-refractivity contribution is -0.187. The first kappa shape index (κ1) is 20.4. The van der Waals surface area contributed by atoms with Crippen molar-refractivity contribution >= 4 is 17.5 Å². The highest BCUT2D eigenvalue weighted by Crippen LogP contribution is 2.69. The monoisotopic (exact) mass is 400 g/mol. The predicted molar refractivity (Wildman–Crippen MR) is 108 cm³/mol. The Balaban J connectivity index is 1.77. The topological polar surface area (TPSA) is 80.7 Å². The van der Waals surface area contributed by atoms with Crippen LogP contribution >= 0.6 is 0 Å². The highest BCUT2D eigenvalue weighted by atomic mass is 16.6. The third kappa shape index (κ3) is 2.48. The van der Waals surface area contributed by atoms with E-state index < -0.39 is 22.4 Å². The van der Waals surface area contributed by atoms with Crippen LogP contribution < -0.4 is 0 Å². The molecule has 4 aliphatic rings. The van der Waals surface area contributed by atoms with Gasteiger partial charge in [0.25, 0.3) is 0 Å². The van der Waals surface area contributed by atoms with Crippen LogP contribution in [0.4, 0.5) is 0 Å². The minimum Gasteiger partial charge on any atom is -0.511 e. The van der Waals surface area contributed by atoms with Crippen LogP contribution in [0.3, 0.4) is 0 Å². The van der Waals surface area contributed by atoms with Crippen molar-refractivity contribution in [1.82, 2.24) is 0 Å². The lowest BCUT2D eigenvalue weighted by atomic mass is 9.45. The van der Waals surface area contributed by atoms with Crippen LogP contribution in [-0.4, -0.2) is 28.2 Å². The van der Waals surface area contributed by atoms with Crippen molar-refractivity contribution in [3.05, 3.63) is 23.5 Å². The average Bonchev–Trinajstić information content (AvgIpc) is 2.91. The summed E-state index contributed by atoms with van der Waals surface area (Å²) in [5.74, 6) is 0.551. The highest BCUT2D eigenvalue weighted by Gasteiger charge is 2.68. The maximum absolute atomic E-state index is 12.8. The van der Waals surface area contributed by atoms with E-state index in [-0.39, 0.29) is 35.1 Å². The summed E-state index contributed by atoms with van der Waals surface area (Å²) in [6.45, 7) is 9.28. The zero-order valence-electron chi connectivity index (χ0n) is 18.1. The van der Waals surface area contributed by atoms with E-state index in [1.54, 1.807) is 13.0 Å². The molecule has 29 heavy (non-hydrogen) atoms. The molecule has 0 heterocycles. The summed E-state index contributed by atoms with van der Waals surface area (Å²) in [5, 5.41) is 10.9. The van der Waals surface area contributed by atoms with Gasteiger partial charge in [-0.15, -0.1) is 0 Å². The number of fused-ring (bicyclic) bond motifs is 5. The summed E-state index contributed by atoms with van der Waals surface area (Å²) in [6, 6.07) is 0. The van der Waals surface area contributed by atoms with Crippen LogP contribution in [0, 0.1) is 34.5 Å². The van der Waals surface area contributed by atoms with Crippen LogP contribution in [-0.2, 0) is 19.1 Å². The third-order valence-electron chi connectivity index (χ3n) is 9.05. The number of ether oxygens (including phenoxy) is 1. The molecule has 158 valence electrons. The first-order chi connectivity index (χ1) is 13.5. The summed E-state index contributed by atoms with van der Waals surface area (Å²) < 4.78 is 5.80. The molecular formula is C24H32O5. The fraction of sp³-hybridized carbons (Fsp3) is 0.708. The number of rotatable bonds is 2. The normalized spacial score (nSPS) is 46.0.